The van der Waals surface area contributed by atoms with Gasteiger partial charge in [-0.1, -0.05) is 12.1 Å². The molecule has 162 valence electrons. The lowest BCUT2D eigenvalue weighted by molar-refractivity contribution is -0.139. The Morgan fingerprint density at radius 1 is 1.20 bits per heavy atom. The highest BCUT2D eigenvalue weighted by molar-refractivity contribution is 7.99. The maximum atomic E-state index is 13.6. The maximum absolute atomic E-state index is 13.6. The molecule has 5 nitrogen and oxygen atoms in total. The number of halogens is 4. The number of thioether (sulfide) groups is 1. The van der Waals surface area contributed by atoms with Crippen LogP contribution in [-0.4, -0.2) is 26.1 Å². The van der Waals surface area contributed by atoms with Crippen LogP contribution in [0.4, 0.5) is 17.6 Å². The minimum atomic E-state index is -4.87. The molecule has 30 heavy (non-hydrogen) atoms. The Bertz CT molecular complexity index is 1060. The average molecular weight is 462 g/mol. The maximum Gasteiger partial charge on any atom is 0.417 e. The van der Waals surface area contributed by atoms with Crippen LogP contribution in [0.15, 0.2) is 52.3 Å². The summed E-state index contributed by atoms with van der Waals surface area (Å²) in [4.78, 5) is 12.4. The van der Waals surface area contributed by atoms with E-state index < -0.39 is 50.5 Å². The summed E-state index contributed by atoms with van der Waals surface area (Å²) in [6.07, 6.45) is -4.37. The van der Waals surface area contributed by atoms with Gasteiger partial charge in [-0.2, -0.15) is 17.9 Å². The third-order valence-electron chi connectivity index (χ3n) is 4.54. The molecule has 1 aliphatic heterocycles. The van der Waals surface area contributed by atoms with Gasteiger partial charge in [-0.15, -0.1) is 11.8 Å². The molecule has 0 aromatic heterocycles. The van der Waals surface area contributed by atoms with Crippen molar-refractivity contribution in [1.29, 1.82) is 0 Å². The van der Waals surface area contributed by atoms with Gasteiger partial charge in [-0.3, -0.25) is 4.79 Å². The molecule has 11 heteroatoms. The Hall–Kier alpha value is -2.11. The molecule has 0 saturated carbocycles. The van der Waals surface area contributed by atoms with Gasteiger partial charge in [-0.25, -0.2) is 12.8 Å². The number of rotatable bonds is 5. The zero-order valence-corrected chi connectivity index (χ0v) is 17.3. The number of carbonyl (C=O) groups is 1. The molecular weight excluding hydrogens is 444 g/mol. The number of fused-ring (bicyclic) bond motifs is 1. The monoisotopic (exact) mass is 462 g/mol. The molecule has 1 heterocycles. The number of carbonyl (C=O) groups excluding carboxylic acids is 1. The number of hydrogen-bond acceptors (Lipinski definition) is 4. The van der Waals surface area contributed by atoms with E-state index in [2.05, 4.69) is 5.32 Å². The van der Waals surface area contributed by atoms with E-state index in [0.717, 1.165) is 17.0 Å². The van der Waals surface area contributed by atoms with E-state index in [-0.39, 0.29) is 0 Å². The summed E-state index contributed by atoms with van der Waals surface area (Å²) in [5.74, 6) is -0.522. The number of nitrogens with one attached hydrogen (secondary N) is 2. The van der Waals surface area contributed by atoms with Crippen molar-refractivity contribution in [3.8, 4) is 0 Å². The van der Waals surface area contributed by atoms with Gasteiger partial charge < -0.3 is 5.32 Å². The van der Waals surface area contributed by atoms with Crippen molar-refractivity contribution in [3.05, 3.63) is 59.4 Å². The normalized spacial score (nSPS) is 17.8. The second kappa shape index (κ2) is 8.56. The molecule has 3 rings (SSSR count). The Kier molecular flexibility index (Phi) is 6.44. The summed E-state index contributed by atoms with van der Waals surface area (Å²) in [6.45, 7) is 1.23. The quantitative estimate of drug-likeness (QED) is 0.662. The van der Waals surface area contributed by atoms with Crippen molar-refractivity contribution >= 4 is 27.7 Å². The molecule has 1 aliphatic rings. The predicted molar refractivity (Wildman–Crippen MR) is 104 cm³/mol. The lowest BCUT2D eigenvalue weighted by Crippen LogP contribution is -2.46. The van der Waals surface area contributed by atoms with Gasteiger partial charge in [0.2, 0.25) is 15.9 Å². The van der Waals surface area contributed by atoms with E-state index in [9.17, 15) is 30.8 Å². The fraction of sp³-hybridized carbons (Fsp3) is 0.316. The van der Waals surface area contributed by atoms with Gasteiger partial charge >= 0.3 is 6.18 Å². The first kappa shape index (κ1) is 22.6. The van der Waals surface area contributed by atoms with Crippen molar-refractivity contribution in [3.63, 3.8) is 0 Å². The zero-order chi connectivity index (χ0) is 22.1. The van der Waals surface area contributed by atoms with Crippen molar-refractivity contribution in [2.24, 2.45) is 0 Å². The fourth-order valence-electron chi connectivity index (χ4n) is 3.10. The second-order valence-electron chi connectivity index (χ2n) is 6.72. The van der Waals surface area contributed by atoms with E-state index >= 15 is 0 Å². The molecule has 0 fully saturated rings. The molecule has 2 aromatic carbocycles. The fourth-order valence-corrected chi connectivity index (χ4v) is 5.63. The Morgan fingerprint density at radius 3 is 2.60 bits per heavy atom. The summed E-state index contributed by atoms with van der Waals surface area (Å²) in [5.41, 5.74) is -0.740. The van der Waals surface area contributed by atoms with Crippen LogP contribution >= 0.6 is 11.8 Å². The minimum Gasteiger partial charge on any atom is -0.348 e. The molecule has 2 N–H and O–H groups in total. The van der Waals surface area contributed by atoms with Crippen LogP contribution in [-0.2, 0) is 21.0 Å². The first-order valence-corrected chi connectivity index (χ1v) is 11.4. The number of amides is 1. The Labute approximate surface area is 175 Å². The van der Waals surface area contributed by atoms with E-state index in [1.807, 2.05) is 4.72 Å². The SMILES string of the molecule is C[C@H](NS(=O)(=O)c1ccccc1C(F)(F)F)C(=O)NC1CCSc2ccc(F)cc21. The van der Waals surface area contributed by atoms with Crippen molar-refractivity contribution in [2.45, 2.75) is 41.4 Å². The van der Waals surface area contributed by atoms with E-state index in [1.54, 1.807) is 6.07 Å². The molecule has 1 unspecified atom stereocenters. The first-order chi connectivity index (χ1) is 14.0. The second-order valence-corrected chi connectivity index (χ2v) is 9.54. The molecule has 0 spiro atoms. The average Bonchev–Trinajstić information content (AvgIpc) is 2.67. The predicted octanol–water partition coefficient (Wildman–Crippen LogP) is 3.86. The number of hydrogen-bond donors (Lipinski definition) is 2. The highest BCUT2D eigenvalue weighted by Crippen LogP contribution is 2.37. The van der Waals surface area contributed by atoms with Crippen molar-refractivity contribution in [2.75, 3.05) is 5.75 Å². The van der Waals surface area contributed by atoms with Gasteiger partial charge in [0.05, 0.1) is 22.5 Å². The number of alkyl halides is 3. The summed E-state index contributed by atoms with van der Waals surface area (Å²) >= 11 is 1.51. The van der Waals surface area contributed by atoms with Gasteiger partial charge in [0.1, 0.15) is 5.82 Å². The molecule has 0 aliphatic carbocycles. The lowest BCUT2D eigenvalue weighted by atomic mass is 10.0. The van der Waals surface area contributed by atoms with E-state index in [1.165, 1.54) is 36.9 Å². The van der Waals surface area contributed by atoms with Crippen LogP contribution in [0.2, 0.25) is 0 Å². The molecule has 0 saturated heterocycles. The largest absolute Gasteiger partial charge is 0.417 e. The highest BCUT2D eigenvalue weighted by atomic mass is 32.2. The number of benzene rings is 2. The third-order valence-corrected chi connectivity index (χ3v) is 7.26. The standard InChI is InChI=1S/C19H18F4N2O3S2/c1-11(25-30(27,28)17-5-3-2-4-14(17)19(21,22)23)18(26)24-15-8-9-29-16-7-6-12(20)10-13(15)16/h2-7,10-11,15,25H,8-9H2,1H3,(H,24,26)/t11-,15?/m0/s1. The third kappa shape index (κ3) is 4.96. The molecule has 2 aromatic rings. The van der Waals surface area contributed by atoms with Crippen LogP contribution in [0.25, 0.3) is 0 Å². The lowest BCUT2D eigenvalue weighted by Gasteiger charge is -2.27. The summed E-state index contributed by atoms with van der Waals surface area (Å²) in [6, 6.07) is 6.08. The highest BCUT2D eigenvalue weighted by Gasteiger charge is 2.37. The van der Waals surface area contributed by atoms with Crippen LogP contribution in [0.1, 0.15) is 30.5 Å². The molecular formula is C19H18F4N2O3S2. The van der Waals surface area contributed by atoms with Gasteiger partial charge in [0, 0.05) is 10.6 Å². The Balaban J connectivity index is 1.77. The molecule has 0 bridgehead atoms. The van der Waals surface area contributed by atoms with Crippen molar-refractivity contribution in [1.82, 2.24) is 10.0 Å². The van der Waals surface area contributed by atoms with Gasteiger partial charge in [0.25, 0.3) is 0 Å². The smallest absolute Gasteiger partial charge is 0.348 e. The van der Waals surface area contributed by atoms with Gasteiger partial charge in [-0.05, 0) is 49.2 Å². The number of sulfonamides is 1. The molecule has 0 radical (unpaired) electrons. The van der Waals surface area contributed by atoms with Gasteiger partial charge in [0.15, 0.2) is 0 Å². The van der Waals surface area contributed by atoms with Crippen LogP contribution < -0.4 is 10.0 Å². The van der Waals surface area contributed by atoms with Crippen LogP contribution in [0.5, 0.6) is 0 Å². The topological polar surface area (TPSA) is 75.3 Å². The van der Waals surface area contributed by atoms with E-state index in [0.29, 0.717) is 23.8 Å². The zero-order valence-electron chi connectivity index (χ0n) is 15.7. The summed E-state index contributed by atoms with van der Waals surface area (Å²) in [7, 11) is -4.62. The van der Waals surface area contributed by atoms with Crippen LogP contribution in [0.3, 0.4) is 0 Å². The minimum absolute atomic E-state index is 0.465. The molecule has 2 atom stereocenters. The van der Waals surface area contributed by atoms with E-state index in [4.69, 9.17) is 0 Å². The summed E-state index contributed by atoms with van der Waals surface area (Å²) < 4.78 is 80.1. The Morgan fingerprint density at radius 2 is 1.90 bits per heavy atom. The van der Waals surface area contributed by atoms with Crippen LogP contribution in [0, 0.1) is 5.82 Å². The first-order valence-electron chi connectivity index (χ1n) is 8.90. The van der Waals surface area contributed by atoms with Crippen molar-refractivity contribution < 1.29 is 30.8 Å². The molecule has 1 amide bonds. The summed E-state index contributed by atoms with van der Waals surface area (Å²) in [5, 5.41) is 2.65.